The van der Waals surface area contributed by atoms with Crippen LogP contribution in [0.15, 0.2) is 11.6 Å². The van der Waals surface area contributed by atoms with Gasteiger partial charge in [-0.2, -0.15) is 0 Å². The van der Waals surface area contributed by atoms with Gasteiger partial charge in [-0.25, -0.2) is 5.84 Å². The van der Waals surface area contributed by atoms with Crippen LogP contribution >= 0.6 is 0 Å². The van der Waals surface area contributed by atoms with E-state index >= 15 is 0 Å². The smallest absolute Gasteiger partial charge is 0.236 e. The van der Waals surface area contributed by atoms with E-state index in [0.717, 1.165) is 12.8 Å². The molecule has 76 valence electrons. The van der Waals surface area contributed by atoms with Crippen LogP contribution < -0.4 is 5.84 Å². The van der Waals surface area contributed by atoms with Crippen molar-refractivity contribution < 1.29 is 4.79 Å². The summed E-state index contributed by atoms with van der Waals surface area (Å²) in [5.41, 5.74) is 1.18. The largest absolute Gasteiger partial charge is 0.277 e. The summed E-state index contributed by atoms with van der Waals surface area (Å²) < 4.78 is 0. The van der Waals surface area contributed by atoms with Gasteiger partial charge in [-0.15, -0.1) is 0 Å². The van der Waals surface area contributed by atoms with Crippen LogP contribution in [0.25, 0.3) is 0 Å². The van der Waals surface area contributed by atoms with Gasteiger partial charge in [0.1, 0.15) is 0 Å². The number of nitrogens with two attached hydrogens (primary N) is 1. The predicted molar refractivity (Wildman–Crippen MR) is 54.9 cm³/mol. The minimum absolute atomic E-state index is 0.0272. The molecular weight excluding hydrogens is 164 g/mol. The van der Waals surface area contributed by atoms with Gasteiger partial charge in [-0.3, -0.25) is 9.80 Å². The molecule has 0 atom stereocenters. The Morgan fingerprint density at radius 1 is 1.46 bits per heavy atom. The number of hydrogen-bond donors (Lipinski definition) is 1. The van der Waals surface area contributed by atoms with Gasteiger partial charge < -0.3 is 0 Å². The van der Waals surface area contributed by atoms with Gasteiger partial charge in [0.25, 0.3) is 0 Å². The Morgan fingerprint density at radius 3 is 2.54 bits per heavy atom. The van der Waals surface area contributed by atoms with Gasteiger partial charge >= 0.3 is 0 Å². The molecule has 2 N–H and O–H groups in total. The zero-order valence-corrected chi connectivity index (χ0v) is 8.84. The lowest BCUT2D eigenvalue weighted by Gasteiger charge is -2.14. The SMILES string of the molecule is CCCCC(=O)N(N)CC=C(C)C. The first-order chi connectivity index (χ1) is 6.07. The van der Waals surface area contributed by atoms with E-state index in [1.165, 1.54) is 10.6 Å². The molecule has 0 aromatic heterocycles. The number of amides is 1. The predicted octanol–water partition coefficient (Wildman–Crippen LogP) is 1.85. The number of unbranched alkanes of at least 4 members (excludes halogenated alkanes) is 1. The van der Waals surface area contributed by atoms with E-state index in [-0.39, 0.29) is 5.91 Å². The average Bonchev–Trinajstić information content (AvgIpc) is 2.10. The molecular formula is C10H20N2O. The van der Waals surface area contributed by atoms with Crippen LogP contribution in [-0.4, -0.2) is 17.5 Å². The molecule has 0 saturated carbocycles. The highest BCUT2D eigenvalue weighted by molar-refractivity contribution is 5.75. The number of hydrazine groups is 1. The van der Waals surface area contributed by atoms with Crippen LogP contribution in [0, 0.1) is 0 Å². The highest BCUT2D eigenvalue weighted by Gasteiger charge is 2.05. The first kappa shape index (κ1) is 12.2. The molecule has 0 aromatic carbocycles. The maximum absolute atomic E-state index is 11.3. The highest BCUT2D eigenvalue weighted by atomic mass is 16.2. The fourth-order valence-electron chi connectivity index (χ4n) is 0.854. The minimum atomic E-state index is 0.0272. The number of nitrogens with zero attached hydrogens (tertiary/aromatic N) is 1. The molecule has 0 radical (unpaired) electrons. The second kappa shape index (κ2) is 6.66. The van der Waals surface area contributed by atoms with Gasteiger partial charge in [-0.1, -0.05) is 25.0 Å². The molecule has 0 aliphatic heterocycles. The molecule has 0 aromatic rings. The van der Waals surface area contributed by atoms with Gasteiger partial charge in [0.15, 0.2) is 0 Å². The minimum Gasteiger partial charge on any atom is -0.277 e. The Labute approximate surface area is 80.6 Å². The number of rotatable bonds is 5. The lowest BCUT2D eigenvalue weighted by atomic mass is 10.2. The van der Waals surface area contributed by atoms with Crippen LogP contribution in [0.4, 0.5) is 0 Å². The zero-order valence-electron chi connectivity index (χ0n) is 8.84. The summed E-state index contributed by atoms with van der Waals surface area (Å²) in [6.45, 7) is 6.56. The average molecular weight is 184 g/mol. The maximum Gasteiger partial charge on any atom is 0.236 e. The van der Waals surface area contributed by atoms with Crippen LogP contribution in [0.2, 0.25) is 0 Å². The van der Waals surface area contributed by atoms with Crippen LogP contribution in [0.3, 0.4) is 0 Å². The highest BCUT2D eigenvalue weighted by Crippen LogP contribution is 1.98. The number of carbonyl (C=O) groups excluding carboxylic acids is 1. The Bertz CT molecular complexity index is 183. The van der Waals surface area contributed by atoms with Crippen molar-refractivity contribution >= 4 is 5.91 Å². The molecule has 0 bridgehead atoms. The van der Waals surface area contributed by atoms with E-state index in [0.29, 0.717) is 13.0 Å². The quantitative estimate of drug-likeness (QED) is 0.307. The van der Waals surface area contributed by atoms with Crippen LogP contribution in [-0.2, 0) is 4.79 Å². The molecule has 0 aliphatic carbocycles. The summed E-state index contributed by atoms with van der Waals surface area (Å²) in [6, 6.07) is 0. The molecule has 0 unspecified atom stereocenters. The molecule has 0 rings (SSSR count). The van der Waals surface area contributed by atoms with Gasteiger partial charge in [0.2, 0.25) is 5.91 Å². The molecule has 0 saturated heterocycles. The van der Waals surface area contributed by atoms with Crippen molar-refractivity contribution in [2.45, 2.75) is 40.0 Å². The molecule has 3 nitrogen and oxygen atoms in total. The lowest BCUT2D eigenvalue weighted by Crippen LogP contribution is -2.37. The van der Waals surface area contributed by atoms with Crippen LogP contribution in [0.1, 0.15) is 40.0 Å². The molecule has 0 aliphatic rings. The Kier molecular flexibility index (Phi) is 6.24. The fraction of sp³-hybridized carbons (Fsp3) is 0.700. The van der Waals surface area contributed by atoms with E-state index in [1.54, 1.807) is 0 Å². The monoisotopic (exact) mass is 184 g/mol. The first-order valence-corrected chi connectivity index (χ1v) is 4.76. The Balaban J connectivity index is 3.76. The third-order valence-corrected chi connectivity index (χ3v) is 1.76. The normalized spacial score (nSPS) is 9.54. The lowest BCUT2D eigenvalue weighted by molar-refractivity contribution is -0.131. The second-order valence-electron chi connectivity index (χ2n) is 3.43. The van der Waals surface area contributed by atoms with E-state index in [2.05, 4.69) is 6.92 Å². The van der Waals surface area contributed by atoms with E-state index in [4.69, 9.17) is 5.84 Å². The van der Waals surface area contributed by atoms with Gasteiger partial charge in [0.05, 0.1) is 6.54 Å². The summed E-state index contributed by atoms with van der Waals surface area (Å²) in [5.74, 6) is 5.57. The van der Waals surface area contributed by atoms with Crippen molar-refractivity contribution in [2.24, 2.45) is 5.84 Å². The van der Waals surface area contributed by atoms with Gasteiger partial charge in [0, 0.05) is 6.42 Å². The van der Waals surface area contributed by atoms with Crippen molar-refractivity contribution in [1.82, 2.24) is 5.01 Å². The summed E-state index contributed by atoms with van der Waals surface area (Å²) in [7, 11) is 0. The summed E-state index contributed by atoms with van der Waals surface area (Å²) in [5, 5.41) is 1.28. The second-order valence-corrected chi connectivity index (χ2v) is 3.43. The molecule has 0 spiro atoms. The molecule has 1 amide bonds. The van der Waals surface area contributed by atoms with Crippen molar-refractivity contribution in [3.8, 4) is 0 Å². The first-order valence-electron chi connectivity index (χ1n) is 4.76. The Hall–Kier alpha value is -0.830. The van der Waals surface area contributed by atoms with Crippen LogP contribution in [0.5, 0.6) is 0 Å². The van der Waals surface area contributed by atoms with Crippen molar-refractivity contribution in [3.05, 3.63) is 11.6 Å². The topological polar surface area (TPSA) is 46.3 Å². The summed E-state index contributed by atoms with van der Waals surface area (Å²) >= 11 is 0. The standard InChI is InChI=1S/C10H20N2O/c1-4-5-6-10(13)12(11)8-7-9(2)3/h7H,4-6,8,11H2,1-3H3. The zero-order chi connectivity index (χ0) is 10.3. The Morgan fingerprint density at radius 2 is 2.08 bits per heavy atom. The fourth-order valence-corrected chi connectivity index (χ4v) is 0.854. The number of carbonyl (C=O) groups is 1. The maximum atomic E-state index is 11.3. The number of allylic oxidation sites excluding steroid dienone is 1. The van der Waals surface area contributed by atoms with Crippen molar-refractivity contribution in [3.63, 3.8) is 0 Å². The number of hydrogen-bond acceptors (Lipinski definition) is 2. The summed E-state index contributed by atoms with van der Waals surface area (Å²) in [4.78, 5) is 11.3. The van der Waals surface area contributed by atoms with Crippen molar-refractivity contribution in [1.29, 1.82) is 0 Å². The third kappa shape index (κ3) is 6.34. The molecule has 13 heavy (non-hydrogen) atoms. The summed E-state index contributed by atoms with van der Waals surface area (Å²) in [6.07, 6.45) is 4.46. The van der Waals surface area contributed by atoms with E-state index in [1.807, 2.05) is 19.9 Å². The van der Waals surface area contributed by atoms with Crippen molar-refractivity contribution in [2.75, 3.05) is 6.54 Å². The van der Waals surface area contributed by atoms with E-state index < -0.39 is 0 Å². The molecule has 0 fully saturated rings. The molecule has 3 heteroatoms. The van der Waals surface area contributed by atoms with Gasteiger partial charge in [-0.05, 0) is 20.3 Å². The third-order valence-electron chi connectivity index (χ3n) is 1.76. The van der Waals surface area contributed by atoms with E-state index in [9.17, 15) is 4.79 Å². The molecule has 0 heterocycles.